The van der Waals surface area contributed by atoms with Crippen LogP contribution in [0.5, 0.6) is 0 Å². The number of aliphatic carboxylic acids is 1. The van der Waals surface area contributed by atoms with Gasteiger partial charge in [0.05, 0.1) is 28.2 Å². The molecular weight excluding hydrogens is 477 g/mol. The van der Waals surface area contributed by atoms with Crippen molar-refractivity contribution >= 4 is 46.2 Å². The number of ether oxygens (including phenoxy) is 1. The molecule has 1 saturated heterocycles. The minimum Gasteiger partial charge on any atom is -0.481 e. The topological polar surface area (TPSA) is 104 Å². The van der Waals surface area contributed by atoms with E-state index in [2.05, 4.69) is 24.8 Å². The van der Waals surface area contributed by atoms with Crippen LogP contribution in [-0.4, -0.2) is 56.3 Å². The van der Waals surface area contributed by atoms with Gasteiger partial charge in [0.15, 0.2) is 5.65 Å². The molecule has 0 spiro atoms. The van der Waals surface area contributed by atoms with Gasteiger partial charge >= 0.3 is 5.97 Å². The third-order valence-corrected chi connectivity index (χ3v) is 7.78. The molecule has 0 radical (unpaired) electrons. The first kappa shape index (κ1) is 23.3. The number of rotatable bonds is 5. The number of aromatic nitrogens is 4. The largest absolute Gasteiger partial charge is 0.481 e. The summed E-state index contributed by atoms with van der Waals surface area (Å²) < 4.78 is 6.33. The third kappa shape index (κ3) is 4.72. The lowest BCUT2D eigenvalue weighted by Crippen LogP contribution is -2.41. The fraction of sp³-hybridized carbons (Fsp3) is 0.500. The third-order valence-electron chi connectivity index (χ3n) is 7.11. The van der Waals surface area contributed by atoms with E-state index in [1.165, 1.54) is 0 Å². The number of halogens is 2. The predicted octanol–water partition coefficient (Wildman–Crippen LogP) is 5.35. The maximum Gasteiger partial charge on any atom is 0.309 e. The molecule has 4 heterocycles. The lowest BCUT2D eigenvalue weighted by Gasteiger charge is -2.38. The summed E-state index contributed by atoms with van der Waals surface area (Å²) in [5.41, 5.74) is 1.50. The molecule has 10 heteroatoms. The predicted molar refractivity (Wildman–Crippen MR) is 131 cm³/mol. The van der Waals surface area contributed by atoms with Crippen LogP contribution in [0.2, 0.25) is 10.2 Å². The Labute approximate surface area is 207 Å². The lowest BCUT2D eigenvalue weighted by atomic mass is 9.75. The van der Waals surface area contributed by atoms with Crippen LogP contribution < -0.4 is 4.90 Å². The number of nitrogens with zero attached hydrogens (tertiary/aromatic N) is 4. The first-order chi connectivity index (χ1) is 16.3. The number of pyridine rings is 2. The average Bonchev–Trinajstić information content (AvgIpc) is 3.24. The van der Waals surface area contributed by atoms with Gasteiger partial charge in [-0.05, 0) is 63.6 Å². The minimum atomic E-state index is -0.691. The summed E-state index contributed by atoms with van der Waals surface area (Å²) in [5.74, 6) is 0.902. The highest BCUT2D eigenvalue weighted by molar-refractivity contribution is 6.41. The maximum atomic E-state index is 11.4. The summed E-state index contributed by atoms with van der Waals surface area (Å²) in [5, 5.41) is 10.0. The Bertz CT molecular complexity index is 1140. The van der Waals surface area contributed by atoms with Crippen molar-refractivity contribution in [2.75, 3.05) is 18.0 Å². The van der Waals surface area contributed by atoms with Crippen molar-refractivity contribution in [3.05, 3.63) is 34.6 Å². The van der Waals surface area contributed by atoms with Gasteiger partial charge in [0.1, 0.15) is 16.8 Å². The Morgan fingerprint density at radius 3 is 2.50 bits per heavy atom. The van der Waals surface area contributed by atoms with Crippen molar-refractivity contribution in [1.82, 2.24) is 19.9 Å². The molecule has 1 aliphatic carbocycles. The van der Waals surface area contributed by atoms with Crippen LogP contribution in [0.15, 0.2) is 24.4 Å². The van der Waals surface area contributed by atoms with Gasteiger partial charge in [0.2, 0.25) is 0 Å². The van der Waals surface area contributed by atoms with Crippen LogP contribution in [0.25, 0.3) is 22.6 Å². The molecule has 2 fully saturated rings. The molecule has 5 rings (SSSR count). The number of nitrogens with one attached hydrogen (secondary N) is 1. The van der Waals surface area contributed by atoms with Gasteiger partial charge in [-0.1, -0.05) is 23.2 Å². The van der Waals surface area contributed by atoms with Gasteiger partial charge in [0.25, 0.3) is 0 Å². The van der Waals surface area contributed by atoms with Crippen molar-refractivity contribution in [2.24, 2.45) is 5.41 Å². The molecule has 0 bridgehead atoms. The first-order valence-electron chi connectivity index (χ1n) is 11.6. The van der Waals surface area contributed by atoms with Gasteiger partial charge in [-0.25, -0.2) is 15.0 Å². The number of piperidine rings is 1. The highest BCUT2D eigenvalue weighted by Gasteiger charge is 2.38. The zero-order valence-corrected chi connectivity index (χ0v) is 20.4. The van der Waals surface area contributed by atoms with Gasteiger partial charge in [-0.3, -0.25) is 4.79 Å². The second-order valence-corrected chi connectivity index (χ2v) is 10.3. The molecule has 0 amide bonds. The van der Waals surface area contributed by atoms with E-state index in [0.29, 0.717) is 29.3 Å². The molecule has 0 aromatic carbocycles. The molecule has 0 atom stereocenters. The summed E-state index contributed by atoms with van der Waals surface area (Å²) in [7, 11) is 0. The van der Waals surface area contributed by atoms with Crippen LogP contribution in [0.1, 0.15) is 45.4 Å². The molecule has 3 aromatic rings. The van der Waals surface area contributed by atoms with Crippen LogP contribution in [0.3, 0.4) is 0 Å². The number of imidazole rings is 1. The number of hydrogen-bond donors (Lipinski definition) is 2. The molecule has 2 N–H and O–H groups in total. The molecule has 8 nitrogen and oxygen atoms in total. The second kappa shape index (κ2) is 9.32. The Kier molecular flexibility index (Phi) is 6.39. The molecular formula is C24H27Cl2N5O3. The van der Waals surface area contributed by atoms with Gasteiger partial charge in [-0.2, -0.15) is 0 Å². The number of anilines is 1. The van der Waals surface area contributed by atoms with Crippen LogP contribution in [-0.2, 0) is 9.53 Å². The standard InChI is InChI=1S/C24H27Cl2N5O3/c1-24(23(32)33)8-4-15(5-9-24)34-16-6-10-31(11-7-16)19-3-2-14(13-27-19)21-28-18-12-17(25)20(26)29-22(18)30-21/h2-3,12-13,15-16H,4-11H2,1H3,(H,32,33)(H,28,29,30). The fourth-order valence-corrected chi connectivity index (χ4v) is 5.10. The Hall–Kier alpha value is -2.42. The summed E-state index contributed by atoms with van der Waals surface area (Å²) in [4.78, 5) is 30.3. The highest BCUT2D eigenvalue weighted by Crippen LogP contribution is 2.38. The summed E-state index contributed by atoms with van der Waals surface area (Å²) >= 11 is 12.0. The van der Waals surface area contributed by atoms with Crippen LogP contribution in [0, 0.1) is 5.41 Å². The molecule has 34 heavy (non-hydrogen) atoms. The quantitative estimate of drug-likeness (QED) is 0.452. The average molecular weight is 504 g/mol. The molecule has 1 saturated carbocycles. The van der Waals surface area contributed by atoms with Crippen molar-refractivity contribution in [3.63, 3.8) is 0 Å². The Morgan fingerprint density at radius 2 is 1.85 bits per heavy atom. The monoisotopic (exact) mass is 503 g/mol. The normalized spacial score (nSPS) is 24.0. The smallest absolute Gasteiger partial charge is 0.309 e. The van der Waals surface area contributed by atoms with Crippen molar-refractivity contribution in [1.29, 1.82) is 0 Å². The number of hydrogen-bond acceptors (Lipinski definition) is 6. The molecule has 180 valence electrons. The van der Waals surface area contributed by atoms with E-state index in [9.17, 15) is 9.90 Å². The van der Waals surface area contributed by atoms with Crippen molar-refractivity contribution < 1.29 is 14.6 Å². The SMILES string of the molecule is CC1(C(=O)O)CCC(OC2CCN(c3ccc(-c4nc5nc(Cl)c(Cl)cc5[nH]4)cn3)CC2)CC1. The van der Waals surface area contributed by atoms with Gasteiger partial charge in [0, 0.05) is 24.8 Å². The van der Waals surface area contributed by atoms with Gasteiger partial charge < -0.3 is 19.7 Å². The lowest BCUT2D eigenvalue weighted by molar-refractivity contribution is -0.152. The van der Waals surface area contributed by atoms with Gasteiger partial charge in [-0.15, -0.1) is 0 Å². The second-order valence-electron chi connectivity index (χ2n) is 9.51. The van der Waals surface area contributed by atoms with Crippen LogP contribution >= 0.6 is 23.2 Å². The fourth-order valence-electron chi connectivity index (χ4n) is 4.82. The zero-order chi connectivity index (χ0) is 23.9. The number of fused-ring (bicyclic) bond motifs is 1. The van der Waals surface area contributed by atoms with Crippen molar-refractivity contribution in [3.8, 4) is 11.4 Å². The highest BCUT2D eigenvalue weighted by atomic mass is 35.5. The molecule has 3 aromatic heterocycles. The van der Waals surface area contributed by atoms with E-state index < -0.39 is 11.4 Å². The Balaban J connectivity index is 1.16. The maximum absolute atomic E-state index is 11.4. The van der Waals surface area contributed by atoms with E-state index in [-0.39, 0.29) is 17.4 Å². The molecule has 0 unspecified atom stereocenters. The number of aromatic amines is 1. The number of carboxylic acid groups (broad SMARTS) is 1. The van der Waals surface area contributed by atoms with E-state index in [1.807, 2.05) is 19.1 Å². The van der Waals surface area contributed by atoms with E-state index in [4.69, 9.17) is 27.9 Å². The minimum absolute atomic E-state index is 0.171. The van der Waals surface area contributed by atoms with E-state index in [0.717, 1.165) is 55.7 Å². The molecule has 1 aliphatic heterocycles. The van der Waals surface area contributed by atoms with Crippen molar-refractivity contribution in [2.45, 2.75) is 57.7 Å². The van der Waals surface area contributed by atoms with E-state index in [1.54, 1.807) is 12.3 Å². The van der Waals surface area contributed by atoms with Crippen LogP contribution in [0.4, 0.5) is 5.82 Å². The number of H-pyrrole nitrogens is 1. The van der Waals surface area contributed by atoms with E-state index >= 15 is 0 Å². The number of carbonyl (C=O) groups is 1. The number of carboxylic acids is 1. The molecule has 2 aliphatic rings. The first-order valence-corrected chi connectivity index (χ1v) is 12.4. The Morgan fingerprint density at radius 1 is 1.15 bits per heavy atom. The summed E-state index contributed by atoms with van der Waals surface area (Å²) in [6.45, 7) is 3.60. The summed E-state index contributed by atoms with van der Waals surface area (Å²) in [6.07, 6.45) is 7.08. The summed E-state index contributed by atoms with van der Waals surface area (Å²) in [6, 6.07) is 5.72. The zero-order valence-electron chi connectivity index (χ0n) is 18.9.